The maximum Gasteiger partial charge on any atom is 0.262 e. The van der Waals surface area contributed by atoms with Crippen molar-refractivity contribution in [1.82, 2.24) is 4.98 Å². The summed E-state index contributed by atoms with van der Waals surface area (Å²) in [5.41, 5.74) is 2.64. The predicted molar refractivity (Wildman–Crippen MR) is 78.7 cm³/mol. The van der Waals surface area contributed by atoms with Gasteiger partial charge in [-0.2, -0.15) is 0 Å². The number of nitrogens with zero attached hydrogens (tertiary/aromatic N) is 1. The van der Waals surface area contributed by atoms with Crippen molar-refractivity contribution < 1.29 is 14.3 Å². The lowest BCUT2D eigenvalue weighted by molar-refractivity contribution is -0.118. The second-order valence-corrected chi connectivity index (χ2v) is 4.61. The molecular formula is C15H15N3O3. The first kappa shape index (κ1) is 13.2. The van der Waals surface area contributed by atoms with E-state index in [1.54, 1.807) is 19.4 Å². The topological polar surface area (TPSA) is 72.5 Å². The summed E-state index contributed by atoms with van der Waals surface area (Å²) >= 11 is 0. The van der Waals surface area contributed by atoms with Crippen molar-refractivity contribution >= 4 is 17.3 Å². The molecule has 0 bridgehead atoms. The van der Waals surface area contributed by atoms with Gasteiger partial charge in [0, 0.05) is 12.6 Å². The van der Waals surface area contributed by atoms with Crippen LogP contribution in [0.1, 0.15) is 5.56 Å². The fraction of sp³-hybridized carbons (Fsp3) is 0.200. The molecule has 2 aromatic rings. The molecule has 1 aromatic carbocycles. The zero-order valence-electron chi connectivity index (χ0n) is 11.6. The number of hydrogen-bond donors (Lipinski definition) is 2. The lowest BCUT2D eigenvalue weighted by Gasteiger charge is -2.18. The largest absolute Gasteiger partial charge is 0.482 e. The molecule has 0 spiro atoms. The van der Waals surface area contributed by atoms with Crippen molar-refractivity contribution in [3.8, 4) is 11.6 Å². The Kier molecular flexibility index (Phi) is 3.59. The number of methoxy groups -OCH3 is 1. The summed E-state index contributed by atoms with van der Waals surface area (Å²) in [6, 6.07) is 9.41. The van der Waals surface area contributed by atoms with Crippen LogP contribution in [0.25, 0.3) is 0 Å². The summed E-state index contributed by atoms with van der Waals surface area (Å²) < 4.78 is 10.3. The van der Waals surface area contributed by atoms with E-state index >= 15 is 0 Å². The van der Waals surface area contributed by atoms with Gasteiger partial charge in [-0.25, -0.2) is 4.98 Å². The van der Waals surface area contributed by atoms with Gasteiger partial charge in [0.1, 0.15) is 5.75 Å². The Hall–Kier alpha value is -2.76. The molecule has 6 nitrogen and oxygen atoms in total. The van der Waals surface area contributed by atoms with Gasteiger partial charge in [-0.15, -0.1) is 0 Å². The Morgan fingerprint density at radius 2 is 2.29 bits per heavy atom. The molecule has 0 fully saturated rings. The van der Waals surface area contributed by atoms with E-state index in [1.165, 1.54) is 0 Å². The third-order valence-corrected chi connectivity index (χ3v) is 3.12. The van der Waals surface area contributed by atoms with Crippen LogP contribution >= 0.6 is 0 Å². The second kappa shape index (κ2) is 5.70. The van der Waals surface area contributed by atoms with E-state index in [0.717, 1.165) is 11.3 Å². The minimum Gasteiger partial charge on any atom is -0.482 e. The molecule has 0 atom stereocenters. The highest BCUT2D eigenvalue weighted by atomic mass is 16.5. The normalized spacial score (nSPS) is 12.9. The average Bonchev–Trinajstić information content (AvgIpc) is 2.53. The molecule has 108 valence electrons. The highest BCUT2D eigenvalue weighted by Gasteiger charge is 2.15. The molecule has 1 aliphatic rings. The predicted octanol–water partition coefficient (Wildman–Crippen LogP) is 2.03. The summed E-state index contributed by atoms with van der Waals surface area (Å²) in [7, 11) is 1.58. The van der Waals surface area contributed by atoms with Crippen LogP contribution in [-0.2, 0) is 11.3 Å². The van der Waals surface area contributed by atoms with Crippen LogP contribution < -0.4 is 20.1 Å². The van der Waals surface area contributed by atoms with Gasteiger partial charge in [0.2, 0.25) is 5.88 Å². The van der Waals surface area contributed by atoms with E-state index in [-0.39, 0.29) is 12.5 Å². The molecule has 0 saturated heterocycles. The third-order valence-electron chi connectivity index (χ3n) is 3.12. The molecule has 3 rings (SSSR count). The summed E-state index contributed by atoms with van der Waals surface area (Å²) in [4.78, 5) is 15.4. The quantitative estimate of drug-likeness (QED) is 0.899. The Balaban J connectivity index is 1.67. The minimum atomic E-state index is -0.132. The zero-order chi connectivity index (χ0) is 14.7. The van der Waals surface area contributed by atoms with Gasteiger partial charge in [-0.3, -0.25) is 4.79 Å². The highest BCUT2D eigenvalue weighted by molar-refractivity contribution is 5.95. The van der Waals surface area contributed by atoms with Crippen LogP contribution in [0.3, 0.4) is 0 Å². The average molecular weight is 285 g/mol. The number of fused-ring (bicyclic) bond motifs is 1. The number of hydrogen-bond acceptors (Lipinski definition) is 5. The van der Waals surface area contributed by atoms with Gasteiger partial charge in [-0.1, -0.05) is 6.07 Å². The summed E-state index contributed by atoms with van der Waals surface area (Å²) in [5, 5.41) is 6.05. The van der Waals surface area contributed by atoms with Gasteiger partial charge < -0.3 is 20.1 Å². The number of aromatic nitrogens is 1. The first-order valence-electron chi connectivity index (χ1n) is 6.54. The molecule has 6 heteroatoms. The van der Waals surface area contributed by atoms with E-state index < -0.39 is 0 Å². The van der Waals surface area contributed by atoms with Crippen molar-refractivity contribution in [2.24, 2.45) is 0 Å². The molecule has 1 amide bonds. The number of pyridine rings is 1. The van der Waals surface area contributed by atoms with Crippen molar-refractivity contribution in [1.29, 1.82) is 0 Å². The number of rotatable bonds is 4. The number of carbonyl (C=O) groups excluding carboxylic acids is 1. The van der Waals surface area contributed by atoms with Gasteiger partial charge >= 0.3 is 0 Å². The Morgan fingerprint density at radius 3 is 3.05 bits per heavy atom. The molecule has 1 aromatic heterocycles. The van der Waals surface area contributed by atoms with Crippen molar-refractivity contribution in [2.75, 3.05) is 24.4 Å². The van der Waals surface area contributed by atoms with Crippen molar-refractivity contribution in [2.45, 2.75) is 6.54 Å². The third kappa shape index (κ3) is 3.05. The SMILES string of the molecule is COc1ccc(NCc2ccc3c(c2)NC(=O)CO3)cn1. The highest BCUT2D eigenvalue weighted by Crippen LogP contribution is 2.28. The van der Waals surface area contributed by atoms with E-state index in [0.29, 0.717) is 23.9 Å². The maximum atomic E-state index is 11.3. The molecular weight excluding hydrogens is 270 g/mol. The van der Waals surface area contributed by atoms with Crippen LogP contribution in [0.15, 0.2) is 36.5 Å². The lowest BCUT2D eigenvalue weighted by atomic mass is 10.1. The smallest absolute Gasteiger partial charge is 0.262 e. The van der Waals surface area contributed by atoms with Gasteiger partial charge in [0.15, 0.2) is 6.61 Å². The van der Waals surface area contributed by atoms with Crippen molar-refractivity contribution in [3.05, 3.63) is 42.1 Å². The van der Waals surface area contributed by atoms with E-state index in [9.17, 15) is 4.79 Å². The fourth-order valence-electron chi connectivity index (χ4n) is 2.05. The number of carbonyl (C=O) groups is 1. The lowest BCUT2D eigenvalue weighted by Crippen LogP contribution is -2.25. The zero-order valence-corrected chi connectivity index (χ0v) is 11.6. The van der Waals surface area contributed by atoms with Crippen LogP contribution in [-0.4, -0.2) is 24.6 Å². The minimum absolute atomic E-state index is 0.0715. The first-order chi connectivity index (χ1) is 10.2. The van der Waals surface area contributed by atoms with E-state index in [2.05, 4.69) is 15.6 Å². The molecule has 2 N–H and O–H groups in total. The molecule has 0 aliphatic carbocycles. The number of amides is 1. The summed E-state index contributed by atoms with van der Waals surface area (Å²) in [6.45, 7) is 0.694. The Labute approximate surface area is 122 Å². The van der Waals surface area contributed by atoms with E-state index in [1.807, 2.05) is 24.3 Å². The molecule has 0 radical (unpaired) electrons. The van der Waals surface area contributed by atoms with Crippen LogP contribution in [0.5, 0.6) is 11.6 Å². The monoisotopic (exact) mass is 285 g/mol. The second-order valence-electron chi connectivity index (χ2n) is 4.61. The molecule has 0 unspecified atom stereocenters. The summed E-state index contributed by atoms with van der Waals surface area (Å²) in [5.74, 6) is 1.14. The molecule has 21 heavy (non-hydrogen) atoms. The Morgan fingerprint density at radius 1 is 1.38 bits per heavy atom. The summed E-state index contributed by atoms with van der Waals surface area (Å²) in [6.07, 6.45) is 1.71. The Bertz CT molecular complexity index is 656. The first-order valence-corrected chi connectivity index (χ1v) is 6.54. The fourth-order valence-corrected chi connectivity index (χ4v) is 2.05. The van der Waals surface area contributed by atoms with E-state index in [4.69, 9.17) is 9.47 Å². The molecule has 1 aliphatic heterocycles. The van der Waals surface area contributed by atoms with Gasteiger partial charge in [0.05, 0.1) is 24.7 Å². The standard InChI is InChI=1S/C15H15N3O3/c1-20-15-5-3-11(8-17-15)16-7-10-2-4-13-12(6-10)18-14(19)9-21-13/h2-6,8,16H,7,9H2,1H3,(H,18,19). The number of anilines is 2. The maximum absolute atomic E-state index is 11.3. The number of benzene rings is 1. The van der Waals surface area contributed by atoms with Crippen LogP contribution in [0, 0.1) is 0 Å². The number of ether oxygens (including phenoxy) is 2. The van der Waals surface area contributed by atoms with Crippen LogP contribution in [0.4, 0.5) is 11.4 Å². The van der Waals surface area contributed by atoms with Gasteiger partial charge in [-0.05, 0) is 23.8 Å². The van der Waals surface area contributed by atoms with Crippen LogP contribution in [0.2, 0.25) is 0 Å². The number of nitrogens with one attached hydrogen (secondary N) is 2. The van der Waals surface area contributed by atoms with Gasteiger partial charge in [0.25, 0.3) is 5.91 Å². The molecule has 2 heterocycles. The van der Waals surface area contributed by atoms with Crippen molar-refractivity contribution in [3.63, 3.8) is 0 Å². The molecule has 0 saturated carbocycles.